The van der Waals surface area contributed by atoms with Crippen molar-refractivity contribution < 1.29 is 0 Å². The van der Waals surface area contributed by atoms with E-state index in [0.717, 1.165) is 16.7 Å². The van der Waals surface area contributed by atoms with Crippen molar-refractivity contribution in [2.45, 2.75) is 20.8 Å². The van der Waals surface area contributed by atoms with Gasteiger partial charge in [0, 0.05) is 11.0 Å². The standard InChI is InChI=1S/C12H15BrN2/c1-12(2,3)8-15-11-6-10(13)5-4-9(11)7-14/h4-6,15H,8H2,1-3H3. The molecule has 15 heavy (non-hydrogen) atoms. The first-order chi connectivity index (χ1) is 6.92. The summed E-state index contributed by atoms with van der Waals surface area (Å²) < 4.78 is 0.984. The van der Waals surface area contributed by atoms with Gasteiger partial charge in [0.25, 0.3) is 0 Å². The maximum Gasteiger partial charge on any atom is 0.101 e. The molecule has 1 N–H and O–H groups in total. The van der Waals surface area contributed by atoms with Gasteiger partial charge >= 0.3 is 0 Å². The Bertz CT molecular complexity index is 386. The summed E-state index contributed by atoms with van der Waals surface area (Å²) in [5.41, 5.74) is 1.78. The van der Waals surface area contributed by atoms with Crippen LogP contribution in [0.1, 0.15) is 26.3 Å². The molecule has 80 valence electrons. The number of rotatable bonds is 2. The summed E-state index contributed by atoms with van der Waals surface area (Å²) >= 11 is 3.40. The number of halogens is 1. The molecule has 0 heterocycles. The summed E-state index contributed by atoms with van der Waals surface area (Å²) in [5, 5.41) is 12.2. The number of nitrogens with zero attached hydrogens (tertiary/aromatic N) is 1. The molecule has 0 aliphatic heterocycles. The summed E-state index contributed by atoms with van der Waals surface area (Å²) in [4.78, 5) is 0. The van der Waals surface area contributed by atoms with Crippen LogP contribution in [-0.2, 0) is 0 Å². The second kappa shape index (κ2) is 4.67. The number of nitrogens with one attached hydrogen (secondary N) is 1. The van der Waals surface area contributed by atoms with Crippen LogP contribution in [0.25, 0.3) is 0 Å². The molecule has 0 saturated carbocycles. The SMILES string of the molecule is CC(C)(C)CNc1cc(Br)ccc1C#N. The van der Waals surface area contributed by atoms with E-state index in [2.05, 4.69) is 48.1 Å². The van der Waals surface area contributed by atoms with E-state index in [4.69, 9.17) is 5.26 Å². The lowest BCUT2D eigenvalue weighted by molar-refractivity contribution is 0.443. The summed E-state index contributed by atoms with van der Waals surface area (Å²) in [5.74, 6) is 0. The van der Waals surface area contributed by atoms with Gasteiger partial charge in [-0.15, -0.1) is 0 Å². The van der Waals surface area contributed by atoms with Crippen molar-refractivity contribution in [3.8, 4) is 6.07 Å². The third-order valence-corrected chi connectivity index (χ3v) is 2.40. The van der Waals surface area contributed by atoms with Gasteiger partial charge < -0.3 is 5.32 Å². The van der Waals surface area contributed by atoms with Crippen LogP contribution < -0.4 is 5.32 Å². The molecule has 2 nitrogen and oxygen atoms in total. The Balaban J connectivity index is 2.85. The molecule has 0 aromatic heterocycles. The van der Waals surface area contributed by atoms with Gasteiger partial charge in [-0.1, -0.05) is 36.7 Å². The fraction of sp³-hybridized carbons (Fsp3) is 0.417. The molecule has 0 atom stereocenters. The van der Waals surface area contributed by atoms with E-state index in [9.17, 15) is 0 Å². The van der Waals surface area contributed by atoms with Gasteiger partial charge in [-0.2, -0.15) is 5.26 Å². The predicted octanol–water partition coefficient (Wildman–Crippen LogP) is 3.78. The smallest absolute Gasteiger partial charge is 0.101 e. The molecule has 3 heteroatoms. The molecule has 0 amide bonds. The van der Waals surface area contributed by atoms with E-state index >= 15 is 0 Å². The fourth-order valence-electron chi connectivity index (χ4n) is 1.12. The number of anilines is 1. The van der Waals surface area contributed by atoms with E-state index in [0.29, 0.717) is 5.56 Å². The van der Waals surface area contributed by atoms with E-state index in [-0.39, 0.29) is 5.41 Å². The highest BCUT2D eigenvalue weighted by Gasteiger charge is 2.11. The second-order valence-electron chi connectivity index (χ2n) is 4.72. The van der Waals surface area contributed by atoms with Gasteiger partial charge in [-0.05, 0) is 23.6 Å². The van der Waals surface area contributed by atoms with E-state index in [1.165, 1.54) is 0 Å². The lowest BCUT2D eigenvalue weighted by Gasteiger charge is -2.20. The van der Waals surface area contributed by atoms with E-state index in [1.54, 1.807) is 0 Å². The minimum absolute atomic E-state index is 0.203. The molecule has 1 rings (SSSR count). The predicted molar refractivity (Wildman–Crippen MR) is 66.8 cm³/mol. The van der Waals surface area contributed by atoms with Gasteiger partial charge in [0.15, 0.2) is 0 Å². The highest BCUT2D eigenvalue weighted by molar-refractivity contribution is 9.10. The van der Waals surface area contributed by atoms with Crippen molar-refractivity contribution in [2.24, 2.45) is 5.41 Å². The normalized spacial score (nSPS) is 10.9. The zero-order chi connectivity index (χ0) is 11.5. The molecular formula is C12H15BrN2. The molecule has 1 aromatic carbocycles. The number of hydrogen-bond acceptors (Lipinski definition) is 2. The van der Waals surface area contributed by atoms with Crippen molar-refractivity contribution in [1.29, 1.82) is 5.26 Å². The van der Waals surface area contributed by atoms with Gasteiger partial charge in [0.1, 0.15) is 6.07 Å². The summed E-state index contributed by atoms with van der Waals surface area (Å²) in [7, 11) is 0. The Hall–Kier alpha value is -1.01. The van der Waals surface area contributed by atoms with Crippen LogP contribution >= 0.6 is 15.9 Å². The lowest BCUT2D eigenvalue weighted by Crippen LogP contribution is -2.19. The minimum Gasteiger partial charge on any atom is -0.383 e. The molecule has 1 aromatic rings. The summed E-state index contributed by atoms with van der Waals surface area (Å²) in [6, 6.07) is 7.80. The third-order valence-electron chi connectivity index (χ3n) is 1.91. The van der Waals surface area contributed by atoms with Crippen molar-refractivity contribution in [3.63, 3.8) is 0 Å². The van der Waals surface area contributed by atoms with E-state index in [1.807, 2.05) is 18.2 Å². The Morgan fingerprint density at radius 2 is 2.07 bits per heavy atom. The number of benzene rings is 1. The highest BCUT2D eigenvalue weighted by atomic mass is 79.9. The molecule has 0 fully saturated rings. The topological polar surface area (TPSA) is 35.8 Å². The first-order valence-electron chi connectivity index (χ1n) is 4.86. The number of nitriles is 1. The van der Waals surface area contributed by atoms with Crippen LogP contribution in [0.15, 0.2) is 22.7 Å². The third kappa shape index (κ3) is 3.93. The Labute approximate surface area is 99.4 Å². The average molecular weight is 267 g/mol. The zero-order valence-electron chi connectivity index (χ0n) is 9.26. The van der Waals surface area contributed by atoms with Crippen LogP contribution in [0.2, 0.25) is 0 Å². The quantitative estimate of drug-likeness (QED) is 0.885. The molecule has 0 saturated heterocycles. The fourth-order valence-corrected chi connectivity index (χ4v) is 1.48. The molecular weight excluding hydrogens is 252 g/mol. The maximum atomic E-state index is 8.93. The monoisotopic (exact) mass is 266 g/mol. The van der Waals surface area contributed by atoms with Crippen LogP contribution in [0.5, 0.6) is 0 Å². The van der Waals surface area contributed by atoms with Crippen molar-refractivity contribution in [3.05, 3.63) is 28.2 Å². The van der Waals surface area contributed by atoms with Gasteiger partial charge in [0.05, 0.1) is 11.3 Å². The number of hydrogen-bond donors (Lipinski definition) is 1. The Morgan fingerprint density at radius 1 is 1.40 bits per heavy atom. The average Bonchev–Trinajstić information content (AvgIpc) is 2.14. The molecule has 0 aliphatic rings. The van der Waals surface area contributed by atoms with Crippen molar-refractivity contribution in [1.82, 2.24) is 0 Å². The molecule has 0 unspecified atom stereocenters. The first kappa shape index (κ1) is 12.1. The highest BCUT2D eigenvalue weighted by Crippen LogP contribution is 2.22. The summed E-state index contributed by atoms with van der Waals surface area (Å²) in [6.07, 6.45) is 0. The van der Waals surface area contributed by atoms with Gasteiger partial charge in [-0.3, -0.25) is 0 Å². The van der Waals surface area contributed by atoms with Crippen LogP contribution in [-0.4, -0.2) is 6.54 Å². The van der Waals surface area contributed by atoms with Crippen LogP contribution in [0.4, 0.5) is 5.69 Å². The molecule has 0 spiro atoms. The van der Waals surface area contributed by atoms with Crippen LogP contribution in [0, 0.1) is 16.7 Å². The Morgan fingerprint density at radius 3 is 2.60 bits per heavy atom. The van der Waals surface area contributed by atoms with Gasteiger partial charge in [0.2, 0.25) is 0 Å². The zero-order valence-corrected chi connectivity index (χ0v) is 10.9. The maximum absolute atomic E-state index is 8.93. The molecule has 0 bridgehead atoms. The van der Waals surface area contributed by atoms with Crippen molar-refractivity contribution >= 4 is 21.6 Å². The largest absolute Gasteiger partial charge is 0.383 e. The van der Waals surface area contributed by atoms with Crippen molar-refractivity contribution in [2.75, 3.05) is 11.9 Å². The summed E-state index contributed by atoms with van der Waals surface area (Å²) in [6.45, 7) is 7.32. The van der Waals surface area contributed by atoms with Gasteiger partial charge in [-0.25, -0.2) is 0 Å². The molecule has 0 aliphatic carbocycles. The lowest BCUT2D eigenvalue weighted by atomic mass is 9.97. The van der Waals surface area contributed by atoms with E-state index < -0.39 is 0 Å². The van der Waals surface area contributed by atoms with Crippen LogP contribution in [0.3, 0.4) is 0 Å². The molecule has 0 radical (unpaired) electrons. The second-order valence-corrected chi connectivity index (χ2v) is 5.63. The minimum atomic E-state index is 0.203. The Kier molecular flexibility index (Phi) is 3.76. The first-order valence-corrected chi connectivity index (χ1v) is 5.65.